The van der Waals surface area contributed by atoms with Crippen LogP contribution in [0.4, 0.5) is 0 Å². The van der Waals surface area contributed by atoms with Crippen LogP contribution >= 0.6 is 11.6 Å². The fourth-order valence-corrected chi connectivity index (χ4v) is 4.24. The summed E-state index contributed by atoms with van der Waals surface area (Å²) in [5.41, 5.74) is 1.12. The number of hydrogen-bond donors (Lipinski definition) is 0. The second-order valence-electron chi connectivity index (χ2n) is 5.40. The maximum absolute atomic E-state index is 13.2. The highest BCUT2D eigenvalue weighted by Crippen LogP contribution is 2.30. The number of benzene rings is 1. The third-order valence-corrected chi connectivity index (χ3v) is 5.63. The Labute approximate surface area is 148 Å². The minimum atomic E-state index is -3.89. The summed E-state index contributed by atoms with van der Waals surface area (Å²) in [7, 11) is -2.13. The minimum absolute atomic E-state index is 0.0253. The first-order valence-corrected chi connectivity index (χ1v) is 9.13. The van der Waals surface area contributed by atoms with Gasteiger partial charge in [0.05, 0.1) is 10.6 Å². The van der Waals surface area contributed by atoms with Crippen LogP contribution in [-0.4, -0.2) is 32.1 Å². The Morgan fingerprint density at radius 1 is 1.12 bits per heavy atom. The normalized spacial score (nSPS) is 11.9. The fourth-order valence-electron chi connectivity index (χ4n) is 2.62. The van der Waals surface area contributed by atoms with Gasteiger partial charge < -0.3 is 0 Å². The van der Waals surface area contributed by atoms with Gasteiger partial charge in [0.2, 0.25) is 5.28 Å². The second kappa shape index (κ2) is 5.68. The van der Waals surface area contributed by atoms with E-state index in [1.165, 1.54) is 18.3 Å². The van der Waals surface area contributed by atoms with Gasteiger partial charge in [-0.25, -0.2) is 17.4 Å². The van der Waals surface area contributed by atoms with E-state index in [-0.39, 0.29) is 15.8 Å². The average Bonchev–Trinajstić information content (AvgIpc) is 3.19. The Balaban J connectivity index is 2.09. The summed E-state index contributed by atoms with van der Waals surface area (Å²) in [5.74, 6) is 0. The highest BCUT2D eigenvalue weighted by Gasteiger charge is 2.26. The van der Waals surface area contributed by atoms with E-state index in [4.69, 9.17) is 11.6 Å². The fraction of sp³-hybridized carbons (Fsp3) is 0.0625. The van der Waals surface area contributed by atoms with Gasteiger partial charge in [-0.1, -0.05) is 18.2 Å². The van der Waals surface area contributed by atoms with Crippen molar-refractivity contribution in [1.82, 2.24) is 23.7 Å². The number of fused-ring (bicyclic) bond motifs is 1. The van der Waals surface area contributed by atoms with Gasteiger partial charge in [0.15, 0.2) is 5.65 Å². The minimum Gasteiger partial charge on any atom is -0.275 e. The molecular weight excluding hydrogens is 362 g/mol. The van der Waals surface area contributed by atoms with Gasteiger partial charge in [0.25, 0.3) is 10.0 Å². The first-order valence-electron chi connectivity index (χ1n) is 7.31. The van der Waals surface area contributed by atoms with Crippen molar-refractivity contribution >= 4 is 32.7 Å². The van der Waals surface area contributed by atoms with Gasteiger partial charge in [-0.05, 0) is 35.9 Å². The molecule has 0 fully saturated rings. The van der Waals surface area contributed by atoms with Crippen molar-refractivity contribution < 1.29 is 8.42 Å². The third-order valence-electron chi connectivity index (χ3n) is 3.73. The van der Waals surface area contributed by atoms with Crippen molar-refractivity contribution in [2.24, 2.45) is 7.05 Å². The molecule has 0 N–H and O–H groups in total. The molecule has 0 aliphatic heterocycles. The molecule has 0 bridgehead atoms. The molecule has 0 amide bonds. The van der Waals surface area contributed by atoms with E-state index in [1.807, 2.05) is 0 Å². The maximum Gasteiger partial charge on any atom is 0.269 e. The summed E-state index contributed by atoms with van der Waals surface area (Å²) < 4.78 is 29.3. The summed E-state index contributed by atoms with van der Waals surface area (Å²) in [5, 5.41) is 4.85. The van der Waals surface area contributed by atoms with Gasteiger partial charge in [0.1, 0.15) is 5.69 Å². The zero-order chi connectivity index (χ0) is 17.6. The highest BCUT2D eigenvalue weighted by atomic mass is 35.5. The Morgan fingerprint density at radius 3 is 2.56 bits per heavy atom. The molecular formula is C16H12ClN5O2S. The quantitative estimate of drug-likeness (QED) is 0.516. The summed E-state index contributed by atoms with van der Waals surface area (Å²) in [4.78, 5) is 8.21. The van der Waals surface area contributed by atoms with Crippen LogP contribution in [0.1, 0.15) is 0 Å². The van der Waals surface area contributed by atoms with Crippen molar-refractivity contribution in [3.05, 3.63) is 60.1 Å². The van der Waals surface area contributed by atoms with Gasteiger partial charge in [-0.3, -0.25) is 4.68 Å². The number of rotatable bonds is 3. The molecule has 1 aromatic carbocycles. The molecule has 0 spiro atoms. The number of halogens is 1. The second-order valence-corrected chi connectivity index (χ2v) is 7.53. The molecule has 0 aliphatic rings. The van der Waals surface area contributed by atoms with E-state index in [2.05, 4.69) is 15.1 Å². The average molecular weight is 374 g/mol. The molecule has 4 rings (SSSR count). The number of hydrogen-bond acceptors (Lipinski definition) is 5. The Morgan fingerprint density at radius 2 is 1.88 bits per heavy atom. The lowest BCUT2D eigenvalue weighted by molar-refractivity contribution is 0.589. The topological polar surface area (TPSA) is 82.7 Å². The van der Waals surface area contributed by atoms with Crippen molar-refractivity contribution in [2.45, 2.75) is 4.90 Å². The van der Waals surface area contributed by atoms with Crippen LogP contribution in [0.15, 0.2) is 59.8 Å². The van der Waals surface area contributed by atoms with Crippen molar-refractivity contribution in [1.29, 1.82) is 0 Å². The van der Waals surface area contributed by atoms with Gasteiger partial charge >= 0.3 is 0 Å². The largest absolute Gasteiger partial charge is 0.275 e. The van der Waals surface area contributed by atoms with Crippen molar-refractivity contribution in [3.63, 3.8) is 0 Å². The molecule has 0 saturated heterocycles. The molecule has 0 radical (unpaired) electrons. The number of nitrogens with zero attached hydrogens (tertiary/aromatic N) is 5. The van der Waals surface area contributed by atoms with Gasteiger partial charge in [-0.2, -0.15) is 10.1 Å². The first-order chi connectivity index (χ1) is 12.0. The van der Waals surface area contributed by atoms with E-state index in [0.717, 1.165) is 3.97 Å². The SMILES string of the molecule is Cn1ccc(-c2cc3cnc(Cl)nc3n2S(=O)(=O)c2ccccc2)n1. The molecule has 4 aromatic rings. The van der Waals surface area contributed by atoms with Crippen LogP contribution in [0.3, 0.4) is 0 Å². The van der Waals surface area contributed by atoms with E-state index in [9.17, 15) is 8.42 Å². The monoisotopic (exact) mass is 373 g/mol. The Kier molecular flexibility index (Phi) is 3.59. The van der Waals surface area contributed by atoms with Gasteiger partial charge in [0, 0.05) is 24.8 Å². The predicted octanol–water partition coefficient (Wildman–Crippen LogP) is 2.72. The zero-order valence-corrected chi connectivity index (χ0v) is 14.6. The molecule has 9 heteroatoms. The smallest absolute Gasteiger partial charge is 0.269 e. The lowest BCUT2D eigenvalue weighted by atomic mass is 10.3. The third kappa shape index (κ3) is 2.59. The number of aromatic nitrogens is 5. The zero-order valence-electron chi connectivity index (χ0n) is 13.0. The van der Waals surface area contributed by atoms with E-state index < -0.39 is 10.0 Å². The van der Waals surface area contributed by atoms with Crippen LogP contribution in [0, 0.1) is 0 Å². The standard InChI is InChI=1S/C16H12ClN5O2S/c1-21-8-7-13(20-21)14-9-11-10-18-16(17)19-15(11)22(14)25(23,24)12-5-3-2-4-6-12/h2-10H,1H3. The molecule has 0 unspecified atom stereocenters. The molecule has 0 aliphatic carbocycles. The van der Waals surface area contributed by atoms with E-state index >= 15 is 0 Å². The van der Waals surface area contributed by atoms with Crippen LogP contribution in [0.2, 0.25) is 5.28 Å². The molecule has 0 atom stereocenters. The highest BCUT2D eigenvalue weighted by molar-refractivity contribution is 7.90. The van der Waals surface area contributed by atoms with Crippen LogP contribution in [0.5, 0.6) is 0 Å². The number of aryl methyl sites for hydroxylation is 1. The predicted molar refractivity (Wildman–Crippen MR) is 93.8 cm³/mol. The summed E-state index contributed by atoms with van der Waals surface area (Å²) in [6, 6.07) is 11.6. The molecule has 3 heterocycles. The van der Waals surface area contributed by atoms with Crippen LogP contribution < -0.4 is 0 Å². The van der Waals surface area contributed by atoms with Crippen LogP contribution in [-0.2, 0) is 17.1 Å². The Bertz CT molecular complexity index is 1180. The lowest BCUT2D eigenvalue weighted by Crippen LogP contribution is -2.15. The van der Waals surface area contributed by atoms with Crippen molar-refractivity contribution in [2.75, 3.05) is 0 Å². The van der Waals surface area contributed by atoms with Gasteiger partial charge in [-0.15, -0.1) is 0 Å². The summed E-state index contributed by atoms with van der Waals surface area (Å²) in [6.45, 7) is 0. The maximum atomic E-state index is 13.2. The summed E-state index contributed by atoms with van der Waals surface area (Å²) in [6.07, 6.45) is 3.24. The lowest BCUT2D eigenvalue weighted by Gasteiger charge is -2.10. The first kappa shape index (κ1) is 15.8. The summed E-state index contributed by atoms with van der Waals surface area (Å²) >= 11 is 5.90. The van der Waals surface area contributed by atoms with Crippen LogP contribution in [0.25, 0.3) is 22.4 Å². The Hall–Kier alpha value is -2.71. The van der Waals surface area contributed by atoms with E-state index in [1.54, 1.807) is 48.3 Å². The van der Waals surface area contributed by atoms with E-state index in [0.29, 0.717) is 16.8 Å². The molecule has 7 nitrogen and oxygen atoms in total. The molecule has 3 aromatic heterocycles. The van der Waals surface area contributed by atoms with Crippen molar-refractivity contribution in [3.8, 4) is 11.4 Å². The molecule has 0 saturated carbocycles. The molecule has 126 valence electrons. The molecule has 25 heavy (non-hydrogen) atoms.